The number of nitrogen functional groups attached to an aromatic ring is 1. The molecule has 84 valence electrons. The van der Waals surface area contributed by atoms with E-state index in [0.717, 1.165) is 22.6 Å². The van der Waals surface area contributed by atoms with Crippen molar-refractivity contribution in [3.8, 4) is 0 Å². The van der Waals surface area contributed by atoms with Gasteiger partial charge in [0.15, 0.2) is 0 Å². The Hall–Kier alpha value is -2.43. The van der Waals surface area contributed by atoms with Crippen LogP contribution in [-0.4, -0.2) is 19.9 Å². The molecule has 5 heteroatoms. The molecule has 3 rings (SSSR count). The number of aromatic amines is 1. The summed E-state index contributed by atoms with van der Waals surface area (Å²) >= 11 is 0. The molecule has 0 aliphatic carbocycles. The highest BCUT2D eigenvalue weighted by Gasteiger charge is 2.04. The Morgan fingerprint density at radius 3 is 2.76 bits per heavy atom. The van der Waals surface area contributed by atoms with Crippen LogP contribution in [0.1, 0.15) is 11.5 Å². The monoisotopic (exact) mass is 225 g/mol. The molecule has 17 heavy (non-hydrogen) atoms. The average Bonchev–Trinajstić information content (AvgIpc) is 2.74. The minimum absolute atomic E-state index is 0.429. The minimum atomic E-state index is 0.429. The second-order valence-corrected chi connectivity index (χ2v) is 3.81. The summed E-state index contributed by atoms with van der Waals surface area (Å²) in [4.78, 5) is 15.9. The zero-order valence-electron chi connectivity index (χ0n) is 9.09. The van der Waals surface area contributed by atoms with Crippen molar-refractivity contribution in [3.63, 3.8) is 0 Å². The summed E-state index contributed by atoms with van der Waals surface area (Å²) in [5.74, 6) is 1.31. The van der Waals surface area contributed by atoms with E-state index in [4.69, 9.17) is 5.73 Å². The van der Waals surface area contributed by atoms with E-state index in [1.165, 1.54) is 0 Å². The number of hydrogen-bond acceptors (Lipinski definition) is 4. The maximum absolute atomic E-state index is 5.48. The van der Waals surface area contributed by atoms with Crippen molar-refractivity contribution in [2.75, 3.05) is 5.73 Å². The van der Waals surface area contributed by atoms with Gasteiger partial charge in [0.05, 0.1) is 29.1 Å². The van der Waals surface area contributed by atoms with Gasteiger partial charge in [-0.15, -0.1) is 0 Å². The van der Waals surface area contributed by atoms with E-state index in [9.17, 15) is 0 Å². The Labute approximate surface area is 97.7 Å². The minimum Gasteiger partial charge on any atom is -0.382 e. The Morgan fingerprint density at radius 1 is 1.12 bits per heavy atom. The molecule has 0 atom stereocenters. The first kappa shape index (κ1) is 9.77. The van der Waals surface area contributed by atoms with Crippen LogP contribution in [0.2, 0.25) is 0 Å². The highest BCUT2D eigenvalue weighted by atomic mass is 14.9. The molecule has 1 aromatic carbocycles. The van der Waals surface area contributed by atoms with Gasteiger partial charge < -0.3 is 10.7 Å². The van der Waals surface area contributed by atoms with E-state index in [-0.39, 0.29) is 0 Å². The summed E-state index contributed by atoms with van der Waals surface area (Å²) in [7, 11) is 0. The second kappa shape index (κ2) is 3.86. The maximum Gasteiger partial charge on any atom is 0.141 e. The zero-order valence-corrected chi connectivity index (χ0v) is 9.09. The number of nitrogens with one attached hydrogen (secondary N) is 1. The van der Waals surface area contributed by atoms with E-state index in [2.05, 4.69) is 19.9 Å². The molecule has 3 N–H and O–H groups in total. The first-order valence-electron chi connectivity index (χ1n) is 5.31. The van der Waals surface area contributed by atoms with Crippen LogP contribution < -0.4 is 5.73 Å². The van der Waals surface area contributed by atoms with Gasteiger partial charge in [-0.3, -0.25) is 4.98 Å². The van der Waals surface area contributed by atoms with Gasteiger partial charge in [-0.2, -0.15) is 0 Å². The quantitative estimate of drug-likeness (QED) is 0.693. The summed E-state index contributed by atoms with van der Waals surface area (Å²) in [6.07, 6.45) is 3.85. The Bertz CT molecular complexity index is 608. The molecule has 0 saturated heterocycles. The number of para-hydroxylation sites is 2. The summed E-state index contributed by atoms with van der Waals surface area (Å²) in [6, 6.07) is 7.92. The fraction of sp³-hybridized carbons (Fsp3) is 0.0833. The third kappa shape index (κ3) is 1.94. The van der Waals surface area contributed by atoms with Crippen molar-refractivity contribution in [1.82, 2.24) is 19.9 Å². The van der Waals surface area contributed by atoms with E-state index in [1.807, 2.05) is 24.3 Å². The third-order valence-electron chi connectivity index (χ3n) is 2.51. The molecule has 3 aromatic rings. The largest absolute Gasteiger partial charge is 0.382 e. The first-order valence-corrected chi connectivity index (χ1v) is 5.31. The van der Waals surface area contributed by atoms with Crippen molar-refractivity contribution >= 4 is 16.9 Å². The molecule has 0 bridgehead atoms. The molecule has 0 aliphatic heterocycles. The van der Waals surface area contributed by atoms with Gasteiger partial charge in [0, 0.05) is 6.42 Å². The Kier molecular flexibility index (Phi) is 2.22. The standard InChI is InChI=1S/C12H11N5/c13-11-7-14-8(6-15-11)5-12-16-9-3-1-2-4-10(9)17-12/h1-4,6-7H,5H2,(H2,13,15)(H,16,17). The van der Waals surface area contributed by atoms with Crippen molar-refractivity contribution in [3.05, 3.63) is 48.2 Å². The topological polar surface area (TPSA) is 80.5 Å². The third-order valence-corrected chi connectivity index (χ3v) is 2.51. The number of nitrogens with zero attached hydrogens (tertiary/aromatic N) is 3. The normalized spacial score (nSPS) is 10.8. The van der Waals surface area contributed by atoms with Gasteiger partial charge in [-0.25, -0.2) is 9.97 Å². The number of anilines is 1. The first-order chi connectivity index (χ1) is 8.31. The number of hydrogen-bond donors (Lipinski definition) is 2. The van der Waals surface area contributed by atoms with Crippen molar-refractivity contribution < 1.29 is 0 Å². The lowest BCUT2D eigenvalue weighted by Gasteiger charge is -1.96. The smallest absolute Gasteiger partial charge is 0.141 e. The zero-order chi connectivity index (χ0) is 11.7. The predicted molar refractivity (Wildman–Crippen MR) is 65.3 cm³/mol. The van der Waals surface area contributed by atoms with Gasteiger partial charge in [0.1, 0.15) is 11.6 Å². The molecule has 0 unspecified atom stereocenters. The van der Waals surface area contributed by atoms with Crippen LogP contribution in [-0.2, 0) is 6.42 Å². The highest BCUT2D eigenvalue weighted by molar-refractivity contribution is 5.74. The van der Waals surface area contributed by atoms with Crippen LogP contribution in [0.5, 0.6) is 0 Å². The Morgan fingerprint density at radius 2 is 2.00 bits per heavy atom. The lowest BCUT2D eigenvalue weighted by molar-refractivity contribution is 0.967. The van der Waals surface area contributed by atoms with Gasteiger partial charge >= 0.3 is 0 Å². The fourth-order valence-corrected chi connectivity index (χ4v) is 1.72. The molecule has 0 aliphatic rings. The van der Waals surface area contributed by atoms with Gasteiger partial charge in [-0.05, 0) is 12.1 Å². The number of fused-ring (bicyclic) bond motifs is 1. The molecule has 0 spiro atoms. The molecular weight excluding hydrogens is 214 g/mol. The fourth-order valence-electron chi connectivity index (χ4n) is 1.72. The number of nitrogens with two attached hydrogens (primary N) is 1. The van der Waals surface area contributed by atoms with E-state index in [0.29, 0.717) is 12.2 Å². The van der Waals surface area contributed by atoms with Crippen LogP contribution in [0.4, 0.5) is 5.82 Å². The predicted octanol–water partition coefficient (Wildman–Crippen LogP) is 1.53. The number of imidazole rings is 1. The summed E-state index contributed by atoms with van der Waals surface area (Å²) < 4.78 is 0. The number of H-pyrrole nitrogens is 1. The van der Waals surface area contributed by atoms with Gasteiger partial charge in [0.2, 0.25) is 0 Å². The molecule has 0 amide bonds. The van der Waals surface area contributed by atoms with Crippen molar-refractivity contribution in [2.45, 2.75) is 6.42 Å². The lowest BCUT2D eigenvalue weighted by Crippen LogP contribution is -1.97. The number of benzene rings is 1. The number of rotatable bonds is 2. The SMILES string of the molecule is Nc1cnc(Cc2nc3ccccc3[nH]2)cn1. The molecular formula is C12H11N5. The van der Waals surface area contributed by atoms with E-state index in [1.54, 1.807) is 12.4 Å². The van der Waals surface area contributed by atoms with E-state index >= 15 is 0 Å². The van der Waals surface area contributed by atoms with Gasteiger partial charge in [0.25, 0.3) is 0 Å². The molecule has 2 heterocycles. The average molecular weight is 225 g/mol. The van der Waals surface area contributed by atoms with Crippen LogP contribution >= 0.6 is 0 Å². The van der Waals surface area contributed by atoms with Crippen LogP contribution in [0.15, 0.2) is 36.7 Å². The molecule has 5 nitrogen and oxygen atoms in total. The second-order valence-electron chi connectivity index (χ2n) is 3.81. The molecule has 2 aromatic heterocycles. The van der Waals surface area contributed by atoms with E-state index < -0.39 is 0 Å². The molecule has 0 fully saturated rings. The highest BCUT2D eigenvalue weighted by Crippen LogP contribution is 2.12. The van der Waals surface area contributed by atoms with Gasteiger partial charge in [-0.1, -0.05) is 12.1 Å². The Balaban J connectivity index is 1.92. The number of aromatic nitrogens is 4. The van der Waals surface area contributed by atoms with Crippen LogP contribution in [0.25, 0.3) is 11.0 Å². The van der Waals surface area contributed by atoms with Crippen LogP contribution in [0, 0.1) is 0 Å². The summed E-state index contributed by atoms with van der Waals surface area (Å²) in [5, 5.41) is 0. The van der Waals surface area contributed by atoms with Crippen LogP contribution in [0.3, 0.4) is 0 Å². The summed E-state index contributed by atoms with van der Waals surface area (Å²) in [6.45, 7) is 0. The van der Waals surface area contributed by atoms with Crippen molar-refractivity contribution in [2.24, 2.45) is 0 Å². The maximum atomic E-state index is 5.48. The van der Waals surface area contributed by atoms with Crippen molar-refractivity contribution in [1.29, 1.82) is 0 Å². The molecule has 0 saturated carbocycles. The summed E-state index contributed by atoms with van der Waals surface area (Å²) in [5.41, 5.74) is 8.33. The molecule has 0 radical (unpaired) electrons. The lowest BCUT2D eigenvalue weighted by atomic mass is 10.3.